The number of rotatable bonds is 6. The van der Waals surface area contributed by atoms with Crippen molar-refractivity contribution in [1.29, 1.82) is 0 Å². The topological polar surface area (TPSA) is 88.2 Å². The van der Waals surface area contributed by atoms with E-state index in [2.05, 4.69) is 15.0 Å². The minimum absolute atomic E-state index is 0.0369. The predicted octanol–water partition coefficient (Wildman–Crippen LogP) is 1.44. The predicted molar refractivity (Wildman–Crippen MR) is 77.3 cm³/mol. The zero-order valence-corrected chi connectivity index (χ0v) is 13.3. The maximum absolute atomic E-state index is 11.9. The van der Waals surface area contributed by atoms with Crippen molar-refractivity contribution in [1.82, 2.24) is 15.0 Å². The van der Waals surface area contributed by atoms with E-state index >= 15 is 0 Å². The molecule has 9 heteroatoms. The van der Waals surface area contributed by atoms with Crippen LogP contribution in [0, 0.1) is 5.92 Å². The fourth-order valence-electron chi connectivity index (χ4n) is 1.21. The van der Waals surface area contributed by atoms with Gasteiger partial charge in [-0.3, -0.25) is 4.79 Å². The Bertz CT molecular complexity index is 591. The van der Waals surface area contributed by atoms with E-state index in [9.17, 15) is 13.2 Å². The van der Waals surface area contributed by atoms with Crippen LogP contribution in [0.2, 0.25) is 10.2 Å². The van der Waals surface area contributed by atoms with Gasteiger partial charge in [-0.25, -0.2) is 18.1 Å². The smallest absolute Gasteiger partial charge is 0.242 e. The van der Waals surface area contributed by atoms with Gasteiger partial charge in [0.1, 0.15) is 10.0 Å². The summed E-state index contributed by atoms with van der Waals surface area (Å²) in [5.41, 5.74) is 0. The molecule has 0 aromatic carbocycles. The van der Waals surface area contributed by atoms with Crippen LogP contribution in [0.25, 0.3) is 0 Å². The van der Waals surface area contributed by atoms with Gasteiger partial charge in [0, 0.05) is 25.2 Å². The molecule has 0 fully saturated rings. The number of aromatic nitrogens is 1. The largest absolute Gasteiger partial charge is 0.355 e. The quantitative estimate of drug-likeness (QED) is 0.606. The molecule has 1 heterocycles. The third-order valence-electron chi connectivity index (χ3n) is 2.32. The van der Waals surface area contributed by atoms with Crippen LogP contribution in [-0.2, 0) is 14.8 Å². The third kappa shape index (κ3) is 4.90. The number of nitrogens with one attached hydrogen (secondary N) is 2. The number of nitrogens with zero attached hydrogens (tertiary/aromatic N) is 1. The highest BCUT2D eigenvalue weighted by Crippen LogP contribution is 2.21. The third-order valence-corrected chi connectivity index (χ3v) is 4.44. The number of pyridine rings is 1. The van der Waals surface area contributed by atoms with Crippen molar-refractivity contribution in [3.63, 3.8) is 0 Å². The van der Waals surface area contributed by atoms with Gasteiger partial charge in [-0.2, -0.15) is 0 Å². The second-order valence-corrected chi connectivity index (χ2v) is 6.82. The first-order chi connectivity index (χ1) is 9.24. The maximum atomic E-state index is 11.9. The van der Waals surface area contributed by atoms with Gasteiger partial charge in [0.25, 0.3) is 0 Å². The van der Waals surface area contributed by atoms with E-state index in [0.717, 1.165) is 6.20 Å². The maximum Gasteiger partial charge on any atom is 0.242 e. The van der Waals surface area contributed by atoms with Gasteiger partial charge in [0.2, 0.25) is 15.9 Å². The highest BCUT2D eigenvalue weighted by Gasteiger charge is 2.16. The molecule has 0 saturated heterocycles. The number of carbonyl (C=O) groups excluding carboxylic acids is 1. The molecule has 0 aliphatic carbocycles. The summed E-state index contributed by atoms with van der Waals surface area (Å²) in [6.07, 6.45) is 1.11. The first kappa shape index (κ1) is 17.2. The lowest BCUT2D eigenvalue weighted by Gasteiger charge is -2.09. The molecule has 0 radical (unpaired) electrons. The lowest BCUT2D eigenvalue weighted by atomic mass is 10.2. The van der Waals surface area contributed by atoms with Gasteiger partial charge < -0.3 is 5.32 Å². The Kier molecular flexibility index (Phi) is 6.19. The van der Waals surface area contributed by atoms with E-state index in [4.69, 9.17) is 23.2 Å². The van der Waals surface area contributed by atoms with E-state index in [0.29, 0.717) is 0 Å². The van der Waals surface area contributed by atoms with Crippen LogP contribution in [-0.4, -0.2) is 32.4 Å². The first-order valence-corrected chi connectivity index (χ1v) is 8.06. The fourth-order valence-corrected chi connectivity index (χ4v) is 2.55. The van der Waals surface area contributed by atoms with Crippen LogP contribution >= 0.6 is 23.2 Å². The lowest BCUT2D eigenvalue weighted by molar-refractivity contribution is -0.123. The number of amides is 1. The minimum Gasteiger partial charge on any atom is -0.355 e. The van der Waals surface area contributed by atoms with Crippen LogP contribution in [0.15, 0.2) is 17.2 Å². The molecule has 1 amide bonds. The molecule has 2 N–H and O–H groups in total. The van der Waals surface area contributed by atoms with E-state index in [-0.39, 0.29) is 40.0 Å². The Morgan fingerprint density at radius 2 is 2.00 bits per heavy atom. The minimum atomic E-state index is -3.72. The van der Waals surface area contributed by atoms with Crippen molar-refractivity contribution in [2.24, 2.45) is 5.92 Å². The number of hydrogen-bond acceptors (Lipinski definition) is 4. The summed E-state index contributed by atoms with van der Waals surface area (Å²) in [4.78, 5) is 14.9. The Balaban J connectivity index is 2.58. The SMILES string of the molecule is CC(C)C(=O)NCCNS(=O)(=O)c1cnc(Cl)c(Cl)c1. The molecule has 0 unspecified atom stereocenters. The van der Waals surface area contributed by atoms with Gasteiger partial charge in [-0.05, 0) is 6.07 Å². The zero-order valence-electron chi connectivity index (χ0n) is 11.0. The van der Waals surface area contributed by atoms with Gasteiger partial charge in [0.15, 0.2) is 0 Å². The summed E-state index contributed by atoms with van der Waals surface area (Å²) < 4.78 is 26.1. The average molecular weight is 340 g/mol. The Morgan fingerprint density at radius 1 is 1.35 bits per heavy atom. The van der Waals surface area contributed by atoms with E-state index in [1.807, 2.05) is 0 Å². The summed E-state index contributed by atoms with van der Waals surface area (Å²) in [6.45, 7) is 3.77. The van der Waals surface area contributed by atoms with Crippen LogP contribution in [0.1, 0.15) is 13.8 Å². The van der Waals surface area contributed by atoms with Crippen LogP contribution in [0.3, 0.4) is 0 Å². The normalized spacial score (nSPS) is 11.7. The Labute approximate surface area is 127 Å². The molecule has 1 rings (SSSR count). The molecule has 1 aromatic rings. The molecular weight excluding hydrogens is 325 g/mol. The fraction of sp³-hybridized carbons (Fsp3) is 0.455. The molecule has 0 spiro atoms. The molecule has 0 saturated carbocycles. The summed E-state index contributed by atoms with van der Waals surface area (Å²) in [6, 6.07) is 1.21. The molecule has 0 bridgehead atoms. The van der Waals surface area contributed by atoms with Crippen LogP contribution in [0.4, 0.5) is 0 Å². The second kappa shape index (κ2) is 7.21. The molecule has 20 heavy (non-hydrogen) atoms. The zero-order chi connectivity index (χ0) is 15.3. The molecule has 0 aliphatic rings. The van der Waals surface area contributed by atoms with Gasteiger partial charge in [-0.1, -0.05) is 37.0 Å². The Morgan fingerprint density at radius 3 is 2.55 bits per heavy atom. The molecule has 0 aliphatic heterocycles. The van der Waals surface area contributed by atoms with Crippen molar-refractivity contribution in [3.05, 3.63) is 22.4 Å². The van der Waals surface area contributed by atoms with Gasteiger partial charge in [0.05, 0.1) is 5.02 Å². The van der Waals surface area contributed by atoms with Crippen molar-refractivity contribution >= 4 is 39.1 Å². The molecule has 6 nitrogen and oxygen atoms in total. The number of carbonyl (C=O) groups is 1. The summed E-state index contributed by atoms with van der Waals surface area (Å²) >= 11 is 11.3. The number of halogens is 2. The molecule has 0 atom stereocenters. The van der Waals surface area contributed by atoms with Crippen molar-refractivity contribution in [2.75, 3.05) is 13.1 Å². The average Bonchev–Trinajstić information content (AvgIpc) is 2.37. The lowest BCUT2D eigenvalue weighted by Crippen LogP contribution is -2.36. The number of sulfonamides is 1. The van der Waals surface area contributed by atoms with Gasteiger partial charge >= 0.3 is 0 Å². The van der Waals surface area contributed by atoms with Crippen LogP contribution in [0.5, 0.6) is 0 Å². The summed E-state index contributed by atoms with van der Waals surface area (Å²) in [5, 5.41) is 2.69. The molecule has 1 aromatic heterocycles. The summed E-state index contributed by atoms with van der Waals surface area (Å²) in [7, 11) is -3.72. The van der Waals surface area contributed by atoms with Crippen molar-refractivity contribution in [3.8, 4) is 0 Å². The van der Waals surface area contributed by atoms with E-state index in [1.54, 1.807) is 13.8 Å². The highest BCUT2D eigenvalue weighted by molar-refractivity contribution is 7.89. The van der Waals surface area contributed by atoms with Crippen molar-refractivity contribution in [2.45, 2.75) is 18.7 Å². The standard InChI is InChI=1S/C11H15Cl2N3O3S/c1-7(2)11(17)14-3-4-16-20(18,19)8-5-9(12)10(13)15-6-8/h5-7,16H,3-4H2,1-2H3,(H,14,17). The van der Waals surface area contributed by atoms with Crippen molar-refractivity contribution < 1.29 is 13.2 Å². The van der Waals surface area contributed by atoms with E-state index < -0.39 is 10.0 Å². The van der Waals surface area contributed by atoms with Crippen LogP contribution < -0.4 is 10.0 Å². The molecular formula is C11H15Cl2N3O3S. The first-order valence-electron chi connectivity index (χ1n) is 5.82. The number of hydrogen-bond donors (Lipinski definition) is 2. The summed E-state index contributed by atoms with van der Waals surface area (Å²) in [5.74, 6) is -0.286. The highest BCUT2D eigenvalue weighted by atomic mass is 35.5. The molecule has 112 valence electrons. The van der Waals surface area contributed by atoms with Gasteiger partial charge in [-0.15, -0.1) is 0 Å². The van der Waals surface area contributed by atoms with E-state index in [1.165, 1.54) is 6.07 Å². The Hall–Kier alpha value is -0.890. The second-order valence-electron chi connectivity index (χ2n) is 4.29. The monoisotopic (exact) mass is 339 g/mol.